The van der Waals surface area contributed by atoms with E-state index in [1.807, 2.05) is 25.1 Å². The van der Waals surface area contributed by atoms with Crippen LogP contribution in [0.25, 0.3) is 10.2 Å². The first-order valence-electron chi connectivity index (χ1n) is 7.10. The molecule has 3 rings (SSSR count). The number of aryl methyl sites for hydroxylation is 3. The second-order valence-electron chi connectivity index (χ2n) is 5.44. The van der Waals surface area contributed by atoms with Gasteiger partial charge in [0.1, 0.15) is 0 Å². The van der Waals surface area contributed by atoms with E-state index in [-0.39, 0.29) is 0 Å². The van der Waals surface area contributed by atoms with Crippen LogP contribution in [0.2, 0.25) is 0 Å². The zero-order chi connectivity index (χ0) is 16.7. The van der Waals surface area contributed by atoms with Gasteiger partial charge < -0.3 is 0 Å². The average molecular weight is 328 g/mol. The summed E-state index contributed by atoms with van der Waals surface area (Å²) in [6.45, 7) is 5.48. The normalized spacial score (nSPS) is 11.0. The van der Waals surface area contributed by atoms with Gasteiger partial charge in [0.15, 0.2) is 5.13 Å². The SMILES string of the molecule is Cc1ccc2nc(NC(=O)C(=O)c3c(C)nn(C)c3C)sc2c1. The van der Waals surface area contributed by atoms with Crippen LogP contribution in [0.15, 0.2) is 18.2 Å². The van der Waals surface area contributed by atoms with E-state index in [9.17, 15) is 9.59 Å². The Morgan fingerprint density at radius 3 is 2.61 bits per heavy atom. The van der Waals surface area contributed by atoms with Crippen molar-refractivity contribution in [1.82, 2.24) is 14.8 Å². The summed E-state index contributed by atoms with van der Waals surface area (Å²) in [4.78, 5) is 29.0. The molecule has 0 saturated heterocycles. The number of hydrogen-bond acceptors (Lipinski definition) is 5. The van der Waals surface area contributed by atoms with Crippen molar-refractivity contribution in [2.45, 2.75) is 20.8 Å². The van der Waals surface area contributed by atoms with Gasteiger partial charge in [0, 0.05) is 12.7 Å². The Morgan fingerprint density at radius 2 is 1.96 bits per heavy atom. The number of thiazole rings is 1. The summed E-state index contributed by atoms with van der Waals surface area (Å²) < 4.78 is 2.57. The summed E-state index contributed by atoms with van der Waals surface area (Å²) in [5.41, 5.74) is 3.49. The Kier molecular flexibility index (Phi) is 3.73. The maximum absolute atomic E-state index is 12.4. The number of nitrogens with zero attached hydrogens (tertiary/aromatic N) is 3. The van der Waals surface area contributed by atoms with Gasteiger partial charge in [-0.05, 0) is 38.5 Å². The lowest BCUT2D eigenvalue weighted by Gasteiger charge is -2.01. The smallest absolute Gasteiger partial charge is 0.295 e. The molecule has 3 aromatic rings. The molecule has 6 nitrogen and oxygen atoms in total. The molecule has 0 aliphatic heterocycles. The number of amides is 1. The molecule has 0 bridgehead atoms. The van der Waals surface area contributed by atoms with Crippen LogP contribution in [-0.2, 0) is 11.8 Å². The van der Waals surface area contributed by atoms with E-state index in [4.69, 9.17) is 0 Å². The quantitative estimate of drug-likeness (QED) is 0.592. The van der Waals surface area contributed by atoms with Crippen LogP contribution in [0, 0.1) is 20.8 Å². The predicted octanol–water partition coefficient (Wildman–Crippen LogP) is 2.78. The lowest BCUT2D eigenvalue weighted by molar-refractivity contribution is -0.112. The maximum atomic E-state index is 12.4. The number of ketones is 1. The molecule has 0 atom stereocenters. The molecule has 2 heterocycles. The Balaban J connectivity index is 1.86. The Hall–Kier alpha value is -2.54. The first-order valence-corrected chi connectivity index (χ1v) is 7.91. The van der Waals surface area contributed by atoms with Gasteiger partial charge in [0.05, 0.1) is 21.5 Å². The molecule has 0 spiro atoms. The summed E-state index contributed by atoms with van der Waals surface area (Å²) >= 11 is 1.35. The lowest BCUT2D eigenvalue weighted by atomic mass is 10.1. The minimum atomic E-state index is -0.694. The third kappa shape index (κ3) is 2.75. The van der Waals surface area contributed by atoms with Gasteiger partial charge in [-0.3, -0.25) is 19.6 Å². The molecule has 23 heavy (non-hydrogen) atoms. The predicted molar refractivity (Wildman–Crippen MR) is 90.0 cm³/mol. The van der Waals surface area contributed by atoms with Crippen LogP contribution in [0.1, 0.15) is 27.3 Å². The molecule has 118 valence electrons. The molecular weight excluding hydrogens is 312 g/mol. The van der Waals surface area contributed by atoms with Crippen molar-refractivity contribution in [3.8, 4) is 0 Å². The standard InChI is InChI=1S/C16H16N4O2S/c1-8-5-6-11-12(7-8)23-16(17-11)18-15(22)14(21)13-9(2)19-20(4)10(13)3/h5-7H,1-4H3,(H,17,18,22). The molecule has 0 aliphatic carbocycles. The molecule has 0 fully saturated rings. The number of hydrogen-bond donors (Lipinski definition) is 1. The molecule has 0 unspecified atom stereocenters. The van der Waals surface area contributed by atoms with Crippen molar-refractivity contribution in [3.63, 3.8) is 0 Å². The number of fused-ring (bicyclic) bond motifs is 1. The van der Waals surface area contributed by atoms with Crippen LogP contribution in [0.4, 0.5) is 5.13 Å². The number of nitrogens with one attached hydrogen (secondary N) is 1. The van der Waals surface area contributed by atoms with Crippen molar-refractivity contribution in [3.05, 3.63) is 40.7 Å². The van der Waals surface area contributed by atoms with Crippen LogP contribution in [-0.4, -0.2) is 26.5 Å². The Labute approximate surface area is 137 Å². The van der Waals surface area contributed by atoms with E-state index in [1.54, 1.807) is 25.6 Å². The fraction of sp³-hybridized carbons (Fsp3) is 0.250. The van der Waals surface area contributed by atoms with Crippen molar-refractivity contribution < 1.29 is 9.59 Å². The van der Waals surface area contributed by atoms with Gasteiger partial charge in [-0.25, -0.2) is 4.98 Å². The highest BCUT2D eigenvalue weighted by Gasteiger charge is 2.24. The molecular formula is C16H16N4O2S. The van der Waals surface area contributed by atoms with E-state index in [0.29, 0.717) is 22.1 Å². The molecule has 1 aromatic carbocycles. The summed E-state index contributed by atoms with van der Waals surface area (Å²) in [5, 5.41) is 7.18. The van der Waals surface area contributed by atoms with Crippen LogP contribution < -0.4 is 5.32 Å². The number of benzene rings is 1. The highest BCUT2D eigenvalue weighted by molar-refractivity contribution is 7.22. The van der Waals surface area contributed by atoms with Gasteiger partial charge in [-0.1, -0.05) is 17.4 Å². The number of rotatable bonds is 3. The molecule has 0 radical (unpaired) electrons. The van der Waals surface area contributed by atoms with Crippen LogP contribution in [0.3, 0.4) is 0 Å². The monoisotopic (exact) mass is 328 g/mol. The highest BCUT2D eigenvalue weighted by atomic mass is 32.1. The number of carbonyl (C=O) groups excluding carboxylic acids is 2. The summed E-state index contributed by atoms with van der Waals surface area (Å²) in [5.74, 6) is -1.29. The van der Waals surface area contributed by atoms with E-state index >= 15 is 0 Å². The third-order valence-corrected chi connectivity index (χ3v) is 4.64. The fourth-order valence-electron chi connectivity index (χ4n) is 2.45. The topological polar surface area (TPSA) is 76.9 Å². The molecule has 0 aliphatic rings. The maximum Gasteiger partial charge on any atom is 0.298 e. The third-order valence-electron chi connectivity index (χ3n) is 3.71. The zero-order valence-electron chi connectivity index (χ0n) is 13.3. The molecule has 0 saturated carbocycles. The van der Waals surface area contributed by atoms with Crippen molar-refractivity contribution in [2.75, 3.05) is 5.32 Å². The van der Waals surface area contributed by atoms with Gasteiger partial charge in [-0.2, -0.15) is 5.10 Å². The second-order valence-corrected chi connectivity index (χ2v) is 6.47. The van der Waals surface area contributed by atoms with Crippen molar-refractivity contribution in [2.24, 2.45) is 7.05 Å². The first-order chi connectivity index (χ1) is 10.9. The Morgan fingerprint density at radius 1 is 1.22 bits per heavy atom. The molecule has 7 heteroatoms. The zero-order valence-corrected chi connectivity index (χ0v) is 14.1. The van der Waals surface area contributed by atoms with Gasteiger partial charge in [-0.15, -0.1) is 0 Å². The Bertz CT molecular complexity index is 939. The van der Waals surface area contributed by atoms with Crippen molar-refractivity contribution >= 4 is 38.4 Å². The minimum absolute atomic E-state index is 0.349. The number of anilines is 1. The van der Waals surface area contributed by atoms with E-state index < -0.39 is 11.7 Å². The lowest BCUT2D eigenvalue weighted by Crippen LogP contribution is -2.23. The summed E-state index contributed by atoms with van der Waals surface area (Å²) in [6, 6.07) is 5.86. The summed E-state index contributed by atoms with van der Waals surface area (Å²) in [6.07, 6.45) is 0. The molecule has 2 aromatic heterocycles. The van der Waals surface area contributed by atoms with E-state index in [2.05, 4.69) is 15.4 Å². The van der Waals surface area contributed by atoms with Crippen LogP contribution >= 0.6 is 11.3 Å². The van der Waals surface area contributed by atoms with Gasteiger partial charge in [0.25, 0.3) is 11.7 Å². The highest BCUT2D eigenvalue weighted by Crippen LogP contribution is 2.27. The number of carbonyl (C=O) groups is 2. The summed E-state index contributed by atoms with van der Waals surface area (Å²) in [7, 11) is 1.74. The minimum Gasteiger partial charge on any atom is -0.295 e. The van der Waals surface area contributed by atoms with Crippen LogP contribution in [0.5, 0.6) is 0 Å². The average Bonchev–Trinajstić information content (AvgIpc) is 2.98. The molecule has 1 N–H and O–H groups in total. The van der Waals surface area contributed by atoms with Gasteiger partial charge in [0.2, 0.25) is 0 Å². The number of aromatic nitrogens is 3. The molecule has 1 amide bonds. The van der Waals surface area contributed by atoms with Crippen molar-refractivity contribution in [1.29, 1.82) is 0 Å². The van der Waals surface area contributed by atoms with Gasteiger partial charge >= 0.3 is 0 Å². The van der Waals surface area contributed by atoms with E-state index in [1.165, 1.54) is 11.3 Å². The fourth-order valence-corrected chi connectivity index (χ4v) is 3.41. The van der Waals surface area contributed by atoms with E-state index in [0.717, 1.165) is 15.8 Å². The second kappa shape index (κ2) is 5.58. The number of Topliss-reactive ketones (excluding diaryl/α,β-unsaturated/α-hetero) is 1. The largest absolute Gasteiger partial charge is 0.298 e. The first kappa shape index (κ1) is 15.4.